The molecule has 5 rings (SSSR count). The lowest BCUT2D eigenvalue weighted by Gasteiger charge is -2.39. The van der Waals surface area contributed by atoms with E-state index in [1.807, 2.05) is 17.9 Å². The van der Waals surface area contributed by atoms with Crippen molar-refractivity contribution in [3.8, 4) is 0 Å². The number of hydrogen-bond acceptors (Lipinski definition) is 4. The number of nitrogens with zero attached hydrogens (tertiary/aromatic N) is 3. The lowest BCUT2D eigenvalue weighted by molar-refractivity contribution is -0.145. The van der Waals surface area contributed by atoms with E-state index in [1.54, 1.807) is 6.07 Å². The number of carboxylic acid groups (broad SMARTS) is 1. The van der Waals surface area contributed by atoms with Crippen LogP contribution >= 0.6 is 11.6 Å². The highest BCUT2D eigenvalue weighted by Crippen LogP contribution is 2.38. The predicted molar refractivity (Wildman–Crippen MR) is 164 cm³/mol. The average molecular weight is 598 g/mol. The molecule has 1 amide bonds. The van der Waals surface area contributed by atoms with Crippen LogP contribution in [0.1, 0.15) is 68.9 Å². The second-order valence-electron chi connectivity index (χ2n) is 12.5. The summed E-state index contributed by atoms with van der Waals surface area (Å²) in [6.45, 7) is 7.01. The Kier molecular flexibility index (Phi) is 10.6. The fourth-order valence-corrected chi connectivity index (χ4v) is 8.05. The molecule has 2 aromatic carbocycles. The molecule has 0 aromatic heterocycles. The maximum Gasteiger partial charge on any atom is 0.321 e. The molecule has 8 heteroatoms. The number of likely N-dealkylation sites (N-methyl/N-ethyl adjacent to an activating group) is 1. The van der Waals surface area contributed by atoms with E-state index in [0.717, 1.165) is 71.2 Å². The molecule has 1 N–H and O–H groups in total. The number of amides is 1. The van der Waals surface area contributed by atoms with Crippen LogP contribution in [0.2, 0.25) is 5.02 Å². The van der Waals surface area contributed by atoms with Gasteiger partial charge in [-0.15, -0.1) is 0 Å². The van der Waals surface area contributed by atoms with Crippen molar-refractivity contribution < 1.29 is 19.1 Å². The number of hydrogen-bond donors (Lipinski definition) is 1. The first-order valence-corrected chi connectivity index (χ1v) is 16.2. The number of rotatable bonds is 10. The molecule has 2 aliphatic heterocycles. The predicted octanol–water partition coefficient (Wildman–Crippen LogP) is 6.08. The summed E-state index contributed by atoms with van der Waals surface area (Å²) in [6, 6.07) is 14.6. The number of likely N-dealkylation sites (tertiary alicyclic amines) is 2. The zero-order valence-corrected chi connectivity index (χ0v) is 25.5. The van der Waals surface area contributed by atoms with Crippen molar-refractivity contribution >= 4 is 23.5 Å². The summed E-state index contributed by atoms with van der Waals surface area (Å²) in [5.41, 5.74) is 1.96. The van der Waals surface area contributed by atoms with Crippen LogP contribution in [0.3, 0.4) is 0 Å². The molecule has 3 aliphatic rings. The molecule has 1 aliphatic carbocycles. The van der Waals surface area contributed by atoms with Gasteiger partial charge in [0.15, 0.2) is 0 Å². The third-order valence-electron chi connectivity index (χ3n) is 9.95. The molecular weight excluding hydrogens is 553 g/mol. The van der Waals surface area contributed by atoms with Crippen LogP contribution in [0.25, 0.3) is 0 Å². The number of aliphatic carboxylic acids is 1. The van der Waals surface area contributed by atoms with Gasteiger partial charge in [-0.05, 0) is 67.7 Å². The van der Waals surface area contributed by atoms with Gasteiger partial charge in [0.05, 0.1) is 6.42 Å². The van der Waals surface area contributed by atoms with E-state index in [1.165, 1.54) is 24.1 Å². The van der Waals surface area contributed by atoms with E-state index in [9.17, 15) is 19.1 Å². The van der Waals surface area contributed by atoms with E-state index in [4.69, 9.17) is 11.6 Å². The highest BCUT2D eigenvalue weighted by atomic mass is 35.5. The zero-order chi connectivity index (χ0) is 29.6. The van der Waals surface area contributed by atoms with Crippen molar-refractivity contribution in [2.45, 2.75) is 76.3 Å². The zero-order valence-electron chi connectivity index (χ0n) is 24.8. The Morgan fingerprint density at radius 1 is 1.02 bits per heavy atom. The topological polar surface area (TPSA) is 64.1 Å². The maximum absolute atomic E-state index is 13.5. The Morgan fingerprint density at radius 3 is 2.38 bits per heavy atom. The van der Waals surface area contributed by atoms with Crippen molar-refractivity contribution in [1.82, 2.24) is 14.7 Å². The fraction of sp³-hybridized carbons (Fsp3) is 0.588. The summed E-state index contributed by atoms with van der Waals surface area (Å²) in [5.74, 6) is -0.126. The minimum absolute atomic E-state index is 0.0301. The Morgan fingerprint density at radius 2 is 1.74 bits per heavy atom. The molecule has 0 radical (unpaired) electrons. The monoisotopic (exact) mass is 597 g/mol. The Bertz CT molecular complexity index is 1200. The van der Waals surface area contributed by atoms with Crippen LogP contribution in [-0.4, -0.2) is 83.0 Å². The van der Waals surface area contributed by atoms with Gasteiger partial charge in [0, 0.05) is 56.3 Å². The van der Waals surface area contributed by atoms with Crippen LogP contribution in [0.4, 0.5) is 4.39 Å². The van der Waals surface area contributed by atoms with Crippen LogP contribution in [0.5, 0.6) is 0 Å². The molecule has 1 saturated carbocycles. The summed E-state index contributed by atoms with van der Waals surface area (Å²) in [5, 5.41) is 10.6. The van der Waals surface area contributed by atoms with Crippen LogP contribution in [-0.2, 0) is 16.0 Å². The number of halogens is 2. The first-order valence-electron chi connectivity index (χ1n) is 15.8. The minimum atomic E-state index is -0.665. The van der Waals surface area contributed by atoms with Gasteiger partial charge in [-0.2, -0.15) is 0 Å². The Hall–Kier alpha value is -2.48. The van der Waals surface area contributed by atoms with Gasteiger partial charge in [0.2, 0.25) is 5.91 Å². The van der Waals surface area contributed by atoms with Gasteiger partial charge in [-0.3, -0.25) is 14.5 Å². The first-order chi connectivity index (χ1) is 20.3. The third-order valence-corrected chi connectivity index (χ3v) is 10.3. The molecule has 3 fully saturated rings. The van der Waals surface area contributed by atoms with Gasteiger partial charge in [-0.25, -0.2) is 4.39 Å². The largest absolute Gasteiger partial charge is 0.480 e. The molecule has 42 heavy (non-hydrogen) atoms. The van der Waals surface area contributed by atoms with E-state index in [2.05, 4.69) is 34.1 Å². The SMILES string of the molecule is CCN(C(=O)Cc1ccc(F)cc1Cl)C1CCN(C[C@H]2CN([C@@H](C(=O)O)C3CCCCC3)C[C@@H]2c2ccccc2)CC1. The van der Waals surface area contributed by atoms with E-state index < -0.39 is 17.8 Å². The van der Waals surface area contributed by atoms with Gasteiger partial charge in [-0.1, -0.05) is 67.3 Å². The standard InChI is InChI=1S/C34H45ClFN3O3/c1-2-39(32(40)19-26-13-14-28(36)20-31(26)35)29-15-17-37(18-16-29)21-27-22-38(23-30(27)24-9-5-3-6-10-24)33(34(41)42)25-11-7-4-8-12-25/h3,5-6,9-10,13-14,20,25,27,29-30,33H,2,4,7-8,11-12,15-19,21-23H2,1H3,(H,41,42)/t27-,30+,33+/m0/s1. The van der Waals surface area contributed by atoms with Crippen LogP contribution < -0.4 is 0 Å². The quantitative estimate of drug-likeness (QED) is 0.359. The second kappa shape index (κ2) is 14.3. The normalized spacial score (nSPS) is 23.6. The smallest absolute Gasteiger partial charge is 0.321 e. The van der Waals surface area contributed by atoms with Gasteiger partial charge in [0.25, 0.3) is 0 Å². The molecule has 0 spiro atoms. The van der Waals surface area contributed by atoms with E-state index in [-0.39, 0.29) is 24.3 Å². The van der Waals surface area contributed by atoms with Crippen molar-refractivity contribution in [2.75, 3.05) is 39.3 Å². The number of carbonyl (C=O) groups excluding carboxylic acids is 1. The maximum atomic E-state index is 13.5. The highest BCUT2D eigenvalue weighted by molar-refractivity contribution is 6.31. The lowest BCUT2D eigenvalue weighted by Crippen LogP contribution is -2.49. The van der Waals surface area contributed by atoms with Crippen molar-refractivity contribution in [3.05, 3.63) is 70.5 Å². The molecule has 2 saturated heterocycles. The molecule has 228 valence electrons. The molecule has 0 unspecified atom stereocenters. The highest BCUT2D eigenvalue weighted by Gasteiger charge is 2.43. The summed E-state index contributed by atoms with van der Waals surface area (Å²) in [6.07, 6.45) is 7.51. The summed E-state index contributed by atoms with van der Waals surface area (Å²) in [4.78, 5) is 32.5. The molecule has 0 bridgehead atoms. The minimum Gasteiger partial charge on any atom is -0.480 e. The van der Waals surface area contributed by atoms with E-state index >= 15 is 0 Å². The molecule has 2 heterocycles. The van der Waals surface area contributed by atoms with Gasteiger partial charge >= 0.3 is 5.97 Å². The van der Waals surface area contributed by atoms with Crippen molar-refractivity contribution in [1.29, 1.82) is 0 Å². The number of benzene rings is 2. The molecular formula is C34H45ClFN3O3. The van der Waals surface area contributed by atoms with Gasteiger partial charge < -0.3 is 14.9 Å². The lowest BCUT2D eigenvalue weighted by atomic mass is 9.83. The Balaban J connectivity index is 1.22. The van der Waals surface area contributed by atoms with E-state index in [0.29, 0.717) is 29.0 Å². The van der Waals surface area contributed by atoms with Crippen molar-refractivity contribution in [2.24, 2.45) is 11.8 Å². The number of carbonyl (C=O) groups is 2. The molecule has 6 nitrogen and oxygen atoms in total. The molecule has 2 aromatic rings. The first kappa shape index (κ1) is 31.0. The number of piperidine rings is 1. The summed E-state index contributed by atoms with van der Waals surface area (Å²) < 4.78 is 13.5. The fourth-order valence-electron chi connectivity index (χ4n) is 7.81. The second-order valence-corrected chi connectivity index (χ2v) is 12.9. The van der Waals surface area contributed by atoms with Crippen LogP contribution in [0, 0.1) is 17.7 Å². The number of carboxylic acids is 1. The van der Waals surface area contributed by atoms with Gasteiger partial charge in [0.1, 0.15) is 11.9 Å². The average Bonchev–Trinajstić information content (AvgIpc) is 3.39. The molecule has 3 atom stereocenters. The summed E-state index contributed by atoms with van der Waals surface area (Å²) in [7, 11) is 0. The third kappa shape index (κ3) is 7.35. The Labute approximate surface area is 254 Å². The van der Waals surface area contributed by atoms with Crippen LogP contribution in [0.15, 0.2) is 48.5 Å². The summed E-state index contributed by atoms with van der Waals surface area (Å²) >= 11 is 6.20. The van der Waals surface area contributed by atoms with Crippen molar-refractivity contribution in [3.63, 3.8) is 0 Å².